The summed E-state index contributed by atoms with van der Waals surface area (Å²) in [6, 6.07) is 3.25. The topological polar surface area (TPSA) is 61.5 Å². The molecule has 0 aromatic heterocycles. The molecule has 0 heterocycles. The number of carbonyl (C=O) groups excluding carboxylic acids is 1. The summed E-state index contributed by atoms with van der Waals surface area (Å²) in [5, 5.41) is 0. The number of hydrogen-bond donors (Lipinski definition) is 1. The molecule has 0 saturated carbocycles. The van der Waals surface area contributed by atoms with Gasteiger partial charge in [0.25, 0.3) is 0 Å². The second-order valence-corrected chi connectivity index (χ2v) is 3.65. The lowest BCUT2D eigenvalue weighted by Crippen LogP contribution is -2.08. The van der Waals surface area contributed by atoms with Gasteiger partial charge in [-0.25, -0.2) is 4.79 Å². The molecule has 1 aromatic rings. The van der Waals surface area contributed by atoms with Crippen LogP contribution in [0.1, 0.15) is 17.3 Å². The molecule has 0 radical (unpaired) electrons. The Labute approximate surface area is 96.5 Å². The Bertz CT molecular complexity index is 379. The van der Waals surface area contributed by atoms with Crippen LogP contribution in [0.15, 0.2) is 16.6 Å². The minimum absolute atomic E-state index is 0.308. The number of rotatable bonds is 3. The summed E-state index contributed by atoms with van der Waals surface area (Å²) in [6.07, 6.45) is 0. The third-order valence-corrected chi connectivity index (χ3v) is 2.49. The highest BCUT2D eigenvalue weighted by atomic mass is 79.9. The Morgan fingerprint density at radius 1 is 1.53 bits per heavy atom. The van der Waals surface area contributed by atoms with E-state index < -0.39 is 5.97 Å². The van der Waals surface area contributed by atoms with Crippen molar-refractivity contribution in [1.29, 1.82) is 0 Å². The lowest BCUT2D eigenvalue weighted by molar-refractivity contribution is 0.0527. The third kappa shape index (κ3) is 2.62. The van der Waals surface area contributed by atoms with Crippen LogP contribution in [0.3, 0.4) is 0 Å². The van der Waals surface area contributed by atoms with Gasteiger partial charge in [-0.2, -0.15) is 0 Å². The normalized spacial score (nSPS) is 9.80. The van der Waals surface area contributed by atoms with Crippen molar-refractivity contribution in [3.63, 3.8) is 0 Å². The predicted octanol–water partition coefficient (Wildman–Crippen LogP) is 2.22. The van der Waals surface area contributed by atoms with Crippen molar-refractivity contribution in [3.8, 4) is 5.75 Å². The van der Waals surface area contributed by atoms with Crippen LogP contribution in [0, 0.1) is 0 Å². The maximum atomic E-state index is 11.5. The van der Waals surface area contributed by atoms with Gasteiger partial charge in [0.15, 0.2) is 0 Å². The molecule has 0 aliphatic rings. The van der Waals surface area contributed by atoms with Gasteiger partial charge < -0.3 is 15.2 Å². The zero-order valence-electron chi connectivity index (χ0n) is 8.54. The summed E-state index contributed by atoms with van der Waals surface area (Å²) in [7, 11) is 1.52. The number of nitrogen functional groups attached to an aromatic ring is 1. The Balaban J connectivity index is 3.15. The van der Waals surface area contributed by atoms with E-state index in [0.29, 0.717) is 28.1 Å². The number of anilines is 1. The van der Waals surface area contributed by atoms with Gasteiger partial charge in [-0.05, 0) is 35.0 Å². The summed E-state index contributed by atoms with van der Waals surface area (Å²) < 4.78 is 10.5. The molecule has 2 N–H and O–H groups in total. The van der Waals surface area contributed by atoms with Crippen LogP contribution in [-0.4, -0.2) is 19.7 Å². The van der Waals surface area contributed by atoms with Crippen LogP contribution in [0.5, 0.6) is 5.75 Å². The minimum Gasteiger partial charge on any atom is -0.497 e. The van der Waals surface area contributed by atoms with Crippen LogP contribution in [0.25, 0.3) is 0 Å². The molecule has 5 heteroatoms. The molecule has 15 heavy (non-hydrogen) atoms. The van der Waals surface area contributed by atoms with Crippen molar-refractivity contribution in [2.24, 2.45) is 0 Å². The maximum absolute atomic E-state index is 11.5. The zero-order valence-corrected chi connectivity index (χ0v) is 10.1. The molecule has 82 valence electrons. The summed E-state index contributed by atoms with van der Waals surface area (Å²) in [4.78, 5) is 11.5. The van der Waals surface area contributed by atoms with E-state index in [2.05, 4.69) is 15.9 Å². The minimum atomic E-state index is -0.449. The lowest BCUT2D eigenvalue weighted by atomic mass is 10.2. The van der Waals surface area contributed by atoms with E-state index >= 15 is 0 Å². The van der Waals surface area contributed by atoms with E-state index in [4.69, 9.17) is 15.2 Å². The van der Waals surface area contributed by atoms with Crippen LogP contribution < -0.4 is 10.5 Å². The first-order valence-corrected chi connectivity index (χ1v) is 5.19. The molecule has 0 bridgehead atoms. The first kappa shape index (κ1) is 11.8. The summed E-state index contributed by atoms with van der Waals surface area (Å²) >= 11 is 3.24. The number of ether oxygens (including phenoxy) is 2. The average Bonchev–Trinajstić information content (AvgIpc) is 2.22. The Morgan fingerprint density at radius 2 is 2.20 bits per heavy atom. The second-order valence-electron chi connectivity index (χ2n) is 2.79. The first-order chi connectivity index (χ1) is 7.10. The van der Waals surface area contributed by atoms with Crippen LogP contribution >= 0.6 is 15.9 Å². The Kier molecular flexibility index (Phi) is 3.96. The molecule has 0 atom stereocenters. The van der Waals surface area contributed by atoms with Gasteiger partial charge in [0.2, 0.25) is 0 Å². The standard InChI is InChI=1S/C10H12BrNO3/c1-3-15-10(13)7-4-6(14-2)5-8(11)9(7)12/h4-5H,3,12H2,1-2H3. The van der Waals surface area contributed by atoms with Crippen molar-refractivity contribution in [3.05, 3.63) is 22.2 Å². The van der Waals surface area contributed by atoms with Crippen molar-refractivity contribution >= 4 is 27.6 Å². The Hall–Kier alpha value is -1.23. The monoisotopic (exact) mass is 273 g/mol. The van der Waals surface area contributed by atoms with Crippen molar-refractivity contribution in [2.45, 2.75) is 6.92 Å². The Morgan fingerprint density at radius 3 is 2.73 bits per heavy atom. The van der Waals surface area contributed by atoms with Crippen molar-refractivity contribution in [1.82, 2.24) is 0 Å². The number of benzene rings is 1. The van der Waals surface area contributed by atoms with Gasteiger partial charge in [0, 0.05) is 4.47 Å². The SMILES string of the molecule is CCOC(=O)c1cc(OC)cc(Br)c1N. The van der Waals surface area contributed by atoms with E-state index in [1.807, 2.05) is 0 Å². The van der Waals surface area contributed by atoms with Crippen LogP contribution in [-0.2, 0) is 4.74 Å². The van der Waals surface area contributed by atoms with Gasteiger partial charge in [0.1, 0.15) is 5.75 Å². The van der Waals surface area contributed by atoms with E-state index in [1.54, 1.807) is 19.1 Å². The number of methoxy groups -OCH3 is 1. The molecule has 0 amide bonds. The highest BCUT2D eigenvalue weighted by Crippen LogP contribution is 2.29. The largest absolute Gasteiger partial charge is 0.497 e. The maximum Gasteiger partial charge on any atom is 0.340 e. The molecule has 0 saturated heterocycles. The fraction of sp³-hybridized carbons (Fsp3) is 0.300. The molecule has 0 aliphatic heterocycles. The molecular formula is C10H12BrNO3. The lowest BCUT2D eigenvalue weighted by Gasteiger charge is -2.09. The third-order valence-electron chi connectivity index (χ3n) is 1.83. The van der Waals surface area contributed by atoms with Crippen molar-refractivity contribution < 1.29 is 14.3 Å². The quantitative estimate of drug-likeness (QED) is 0.678. The molecule has 1 aromatic carbocycles. The summed E-state index contributed by atoms with van der Waals surface area (Å²) in [5.41, 5.74) is 6.40. The molecule has 0 aliphatic carbocycles. The van der Waals surface area contributed by atoms with Gasteiger partial charge >= 0.3 is 5.97 Å². The van der Waals surface area contributed by atoms with Crippen LogP contribution in [0.2, 0.25) is 0 Å². The van der Waals surface area contributed by atoms with Gasteiger partial charge in [-0.15, -0.1) is 0 Å². The van der Waals surface area contributed by atoms with E-state index in [1.165, 1.54) is 7.11 Å². The zero-order chi connectivity index (χ0) is 11.4. The van der Waals surface area contributed by atoms with Gasteiger partial charge in [-0.1, -0.05) is 0 Å². The smallest absolute Gasteiger partial charge is 0.340 e. The number of halogens is 1. The number of hydrogen-bond acceptors (Lipinski definition) is 4. The fourth-order valence-corrected chi connectivity index (χ4v) is 1.53. The van der Waals surface area contributed by atoms with E-state index in [-0.39, 0.29) is 0 Å². The molecule has 1 rings (SSSR count). The van der Waals surface area contributed by atoms with Crippen molar-refractivity contribution in [2.75, 3.05) is 19.5 Å². The first-order valence-electron chi connectivity index (χ1n) is 4.40. The van der Waals surface area contributed by atoms with E-state index in [0.717, 1.165) is 0 Å². The molecule has 4 nitrogen and oxygen atoms in total. The fourth-order valence-electron chi connectivity index (χ4n) is 1.09. The number of esters is 1. The van der Waals surface area contributed by atoms with Crippen LogP contribution in [0.4, 0.5) is 5.69 Å². The number of carbonyl (C=O) groups is 1. The van der Waals surface area contributed by atoms with Gasteiger partial charge in [0.05, 0.1) is 25.0 Å². The average molecular weight is 274 g/mol. The second kappa shape index (κ2) is 5.02. The molecule has 0 spiro atoms. The summed E-state index contributed by atoms with van der Waals surface area (Å²) in [5.74, 6) is 0.105. The van der Waals surface area contributed by atoms with Gasteiger partial charge in [-0.3, -0.25) is 0 Å². The molecule has 0 unspecified atom stereocenters. The predicted molar refractivity (Wildman–Crippen MR) is 61.1 cm³/mol. The molecular weight excluding hydrogens is 262 g/mol. The molecule has 0 fully saturated rings. The number of nitrogens with two attached hydrogens (primary N) is 1. The summed E-state index contributed by atoms with van der Waals surface area (Å²) in [6.45, 7) is 2.05. The van der Waals surface area contributed by atoms with E-state index in [9.17, 15) is 4.79 Å². The highest BCUT2D eigenvalue weighted by Gasteiger charge is 2.14. The highest BCUT2D eigenvalue weighted by molar-refractivity contribution is 9.10.